The van der Waals surface area contributed by atoms with E-state index >= 15 is 0 Å². The van der Waals surface area contributed by atoms with E-state index in [9.17, 15) is 13.2 Å². The number of anilines is 2. The summed E-state index contributed by atoms with van der Waals surface area (Å²) in [6.07, 6.45) is 0. The molecule has 0 bridgehead atoms. The summed E-state index contributed by atoms with van der Waals surface area (Å²) >= 11 is 0. The van der Waals surface area contributed by atoms with Gasteiger partial charge in [0.05, 0.1) is 11.4 Å². The Bertz CT molecular complexity index is 863. The van der Waals surface area contributed by atoms with Gasteiger partial charge in [0.25, 0.3) is 5.91 Å². The Kier molecular flexibility index (Phi) is 6.95. The van der Waals surface area contributed by atoms with Crippen LogP contribution >= 0.6 is 0 Å². The summed E-state index contributed by atoms with van der Waals surface area (Å²) in [4.78, 5) is 15.5. The standard InChI is InChI=1S/C19H26N4O3S/c1-4-23(13-15-5-9-17(10-6-15)22(2)3)14-19(24)21-16-7-11-18(12-8-16)27(20,25)26/h5-12H,4,13-14H2,1-3H3,(H,21,24)(H2,20,25,26)/p+1. The topological polar surface area (TPSA) is 96.9 Å². The largest absolute Gasteiger partial charge is 0.378 e. The van der Waals surface area contributed by atoms with E-state index in [0.29, 0.717) is 12.2 Å². The second-order valence-corrected chi connectivity index (χ2v) is 8.20. The smallest absolute Gasteiger partial charge is 0.279 e. The molecule has 27 heavy (non-hydrogen) atoms. The van der Waals surface area contributed by atoms with Gasteiger partial charge in [-0.25, -0.2) is 13.6 Å². The van der Waals surface area contributed by atoms with Gasteiger partial charge in [0.15, 0.2) is 6.54 Å². The minimum atomic E-state index is -3.73. The average Bonchev–Trinajstić information content (AvgIpc) is 2.61. The second-order valence-electron chi connectivity index (χ2n) is 6.64. The number of nitrogens with one attached hydrogen (secondary N) is 2. The van der Waals surface area contributed by atoms with E-state index in [2.05, 4.69) is 29.6 Å². The molecule has 4 N–H and O–H groups in total. The number of nitrogens with two attached hydrogens (primary N) is 1. The normalized spacial score (nSPS) is 12.4. The van der Waals surface area contributed by atoms with E-state index < -0.39 is 10.0 Å². The van der Waals surface area contributed by atoms with Crippen LogP contribution in [0, 0.1) is 0 Å². The summed E-state index contributed by atoms with van der Waals surface area (Å²) in [5, 5.41) is 7.86. The maximum Gasteiger partial charge on any atom is 0.279 e. The van der Waals surface area contributed by atoms with Crippen molar-refractivity contribution in [2.45, 2.75) is 18.4 Å². The molecule has 1 amide bonds. The van der Waals surface area contributed by atoms with Crippen molar-refractivity contribution in [1.82, 2.24) is 0 Å². The lowest BCUT2D eigenvalue weighted by Gasteiger charge is -2.18. The Hall–Kier alpha value is -2.42. The SMILES string of the molecule is CC[NH+](CC(=O)Nc1ccc(S(N)(=O)=O)cc1)Cc1ccc(N(C)C)cc1. The minimum Gasteiger partial charge on any atom is -0.378 e. The van der Waals surface area contributed by atoms with Crippen molar-refractivity contribution in [2.75, 3.05) is 37.4 Å². The van der Waals surface area contributed by atoms with Crippen LogP contribution in [0.1, 0.15) is 12.5 Å². The molecule has 2 aromatic rings. The molecule has 0 aliphatic heterocycles. The first kappa shape index (κ1) is 20.9. The number of carbonyl (C=O) groups is 1. The summed E-state index contributed by atoms with van der Waals surface area (Å²) in [6, 6.07) is 14.1. The van der Waals surface area contributed by atoms with Gasteiger partial charge in [-0.1, -0.05) is 12.1 Å². The molecule has 1 atom stereocenters. The molecule has 2 aromatic carbocycles. The van der Waals surface area contributed by atoms with E-state index in [1.54, 1.807) is 0 Å². The highest BCUT2D eigenvalue weighted by Gasteiger charge is 2.14. The van der Waals surface area contributed by atoms with E-state index in [1.165, 1.54) is 29.8 Å². The Labute approximate surface area is 160 Å². The highest BCUT2D eigenvalue weighted by Crippen LogP contribution is 2.13. The third-order valence-corrected chi connectivity index (χ3v) is 5.21. The first-order chi connectivity index (χ1) is 12.7. The van der Waals surface area contributed by atoms with Crippen molar-refractivity contribution >= 4 is 27.3 Å². The first-order valence-corrected chi connectivity index (χ1v) is 10.3. The number of benzene rings is 2. The van der Waals surface area contributed by atoms with Crippen LogP contribution in [-0.4, -0.2) is 41.5 Å². The fourth-order valence-electron chi connectivity index (χ4n) is 2.67. The van der Waals surface area contributed by atoms with Gasteiger partial charge in [-0.2, -0.15) is 0 Å². The molecular formula is C19H27N4O3S+. The van der Waals surface area contributed by atoms with Gasteiger partial charge < -0.3 is 15.1 Å². The number of hydrogen-bond acceptors (Lipinski definition) is 4. The van der Waals surface area contributed by atoms with Gasteiger partial charge in [0.2, 0.25) is 10.0 Å². The van der Waals surface area contributed by atoms with E-state index in [1.807, 2.05) is 25.9 Å². The van der Waals surface area contributed by atoms with Crippen LogP contribution < -0.4 is 20.3 Å². The Morgan fingerprint density at radius 2 is 1.67 bits per heavy atom. The molecular weight excluding hydrogens is 364 g/mol. The molecule has 0 fully saturated rings. The van der Waals surface area contributed by atoms with Crippen LogP contribution in [0.2, 0.25) is 0 Å². The zero-order valence-corrected chi connectivity index (χ0v) is 16.7. The van der Waals surface area contributed by atoms with E-state index in [0.717, 1.165) is 23.7 Å². The predicted molar refractivity (Wildman–Crippen MR) is 107 cm³/mol. The summed E-state index contributed by atoms with van der Waals surface area (Å²) in [6.45, 7) is 3.93. The molecule has 8 heteroatoms. The molecule has 0 aliphatic carbocycles. The summed E-state index contributed by atoms with van der Waals surface area (Å²) in [5.41, 5.74) is 2.85. The van der Waals surface area contributed by atoms with Crippen LogP contribution in [0.3, 0.4) is 0 Å². The molecule has 7 nitrogen and oxygen atoms in total. The van der Waals surface area contributed by atoms with Gasteiger partial charge in [-0.15, -0.1) is 0 Å². The number of sulfonamides is 1. The van der Waals surface area contributed by atoms with Crippen LogP contribution in [0.25, 0.3) is 0 Å². The summed E-state index contributed by atoms with van der Waals surface area (Å²) < 4.78 is 22.5. The predicted octanol–water partition coefficient (Wildman–Crippen LogP) is 0.444. The van der Waals surface area contributed by atoms with Crippen molar-refractivity contribution in [2.24, 2.45) is 5.14 Å². The molecule has 0 saturated heterocycles. The molecule has 146 valence electrons. The maximum atomic E-state index is 12.3. The van der Waals surface area contributed by atoms with E-state index in [-0.39, 0.29) is 10.8 Å². The number of nitrogens with zero attached hydrogens (tertiary/aromatic N) is 1. The first-order valence-electron chi connectivity index (χ1n) is 8.71. The minimum absolute atomic E-state index is 0.0162. The molecule has 0 saturated carbocycles. The zero-order valence-electron chi connectivity index (χ0n) is 15.9. The molecule has 0 heterocycles. The lowest BCUT2D eigenvalue weighted by atomic mass is 10.2. The van der Waals surface area contributed by atoms with Crippen LogP contribution in [0.4, 0.5) is 11.4 Å². The van der Waals surface area contributed by atoms with Gasteiger partial charge in [0.1, 0.15) is 6.54 Å². The van der Waals surface area contributed by atoms with Gasteiger partial charge >= 0.3 is 0 Å². The number of carbonyl (C=O) groups excluding carboxylic acids is 1. The third kappa shape index (κ3) is 6.35. The third-order valence-electron chi connectivity index (χ3n) is 4.28. The Morgan fingerprint density at radius 1 is 1.07 bits per heavy atom. The van der Waals surface area contributed by atoms with Crippen molar-refractivity contribution in [3.63, 3.8) is 0 Å². The Morgan fingerprint density at radius 3 is 2.15 bits per heavy atom. The van der Waals surface area contributed by atoms with Gasteiger partial charge in [0, 0.05) is 31.0 Å². The van der Waals surface area contributed by atoms with Gasteiger partial charge in [-0.05, 0) is 43.3 Å². The number of amides is 1. The molecule has 2 rings (SSSR count). The van der Waals surface area contributed by atoms with Crippen LogP contribution in [-0.2, 0) is 21.4 Å². The number of hydrogen-bond donors (Lipinski definition) is 3. The second kappa shape index (κ2) is 8.98. The quantitative estimate of drug-likeness (QED) is 0.608. The highest BCUT2D eigenvalue weighted by molar-refractivity contribution is 7.89. The molecule has 0 radical (unpaired) electrons. The number of rotatable bonds is 8. The monoisotopic (exact) mass is 391 g/mol. The summed E-state index contributed by atoms with van der Waals surface area (Å²) in [5.74, 6) is -0.125. The number of likely N-dealkylation sites (N-methyl/N-ethyl adjacent to an activating group) is 1. The van der Waals surface area contributed by atoms with Gasteiger partial charge in [-0.3, -0.25) is 4.79 Å². The lowest BCUT2D eigenvalue weighted by molar-refractivity contribution is -0.903. The number of quaternary nitrogens is 1. The molecule has 0 aliphatic rings. The highest BCUT2D eigenvalue weighted by atomic mass is 32.2. The molecule has 0 aromatic heterocycles. The van der Waals surface area contributed by atoms with Crippen molar-refractivity contribution in [1.29, 1.82) is 0 Å². The van der Waals surface area contributed by atoms with Crippen LogP contribution in [0.5, 0.6) is 0 Å². The summed E-state index contributed by atoms with van der Waals surface area (Å²) in [7, 11) is 0.263. The van der Waals surface area contributed by atoms with Crippen molar-refractivity contribution in [3.05, 3.63) is 54.1 Å². The molecule has 0 spiro atoms. The fraction of sp³-hybridized carbons (Fsp3) is 0.316. The van der Waals surface area contributed by atoms with Crippen molar-refractivity contribution in [3.8, 4) is 0 Å². The lowest BCUT2D eigenvalue weighted by Crippen LogP contribution is -3.11. The maximum absolute atomic E-state index is 12.3. The average molecular weight is 392 g/mol. The van der Waals surface area contributed by atoms with Crippen molar-refractivity contribution < 1.29 is 18.1 Å². The van der Waals surface area contributed by atoms with Crippen LogP contribution in [0.15, 0.2) is 53.4 Å². The molecule has 1 unspecified atom stereocenters. The Balaban J connectivity index is 1.94. The number of primary sulfonamides is 1. The fourth-order valence-corrected chi connectivity index (χ4v) is 3.19. The zero-order chi connectivity index (χ0) is 20.0. The van der Waals surface area contributed by atoms with E-state index in [4.69, 9.17) is 5.14 Å².